The molecule has 0 radical (unpaired) electrons. The first kappa shape index (κ1) is 13.5. The molecule has 0 amide bonds. The van der Waals surface area contributed by atoms with Crippen LogP contribution in [0.25, 0.3) is 11.4 Å². The molecule has 0 aliphatic rings. The molecular formula is C11H12IN3O2S. The number of halogens is 1. The summed E-state index contributed by atoms with van der Waals surface area (Å²) in [5.74, 6) is 0.685. The van der Waals surface area contributed by atoms with Crippen LogP contribution in [0.5, 0.6) is 0 Å². The third kappa shape index (κ3) is 3.77. The molecule has 1 heterocycles. The zero-order chi connectivity index (χ0) is 13.2. The van der Waals surface area contributed by atoms with Gasteiger partial charge in [0.1, 0.15) is 16.2 Å². The molecule has 0 aliphatic carbocycles. The summed E-state index contributed by atoms with van der Waals surface area (Å²) < 4.78 is 24.8. The zero-order valence-electron chi connectivity index (χ0n) is 9.75. The Hall–Kier alpha value is -0.960. The summed E-state index contributed by atoms with van der Waals surface area (Å²) in [6, 6.07) is 7.84. The van der Waals surface area contributed by atoms with Crippen LogP contribution in [0, 0.1) is 3.57 Å². The number of hydrogen-bond acceptors (Lipinski definition) is 4. The Bertz CT molecular complexity index is 652. The molecule has 0 unspecified atom stereocenters. The predicted octanol–water partition coefficient (Wildman–Crippen LogP) is 1.59. The van der Waals surface area contributed by atoms with Gasteiger partial charge in [-0.05, 0) is 34.7 Å². The van der Waals surface area contributed by atoms with Crippen LogP contribution in [0.15, 0.2) is 30.6 Å². The molecule has 1 aromatic heterocycles. The number of nitrogens with zero attached hydrogens (tertiary/aromatic N) is 3. The van der Waals surface area contributed by atoms with Crippen molar-refractivity contribution in [3.05, 3.63) is 34.2 Å². The van der Waals surface area contributed by atoms with Crippen LogP contribution in [-0.2, 0) is 16.4 Å². The molecule has 0 N–H and O–H groups in total. The van der Waals surface area contributed by atoms with Crippen molar-refractivity contribution in [2.24, 2.45) is 0 Å². The van der Waals surface area contributed by atoms with E-state index in [1.54, 1.807) is 11.0 Å². The van der Waals surface area contributed by atoms with Crippen LogP contribution in [0.3, 0.4) is 0 Å². The lowest BCUT2D eigenvalue weighted by molar-refractivity contribution is 0.586. The van der Waals surface area contributed by atoms with Crippen LogP contribution >= 0.6 is 22.6 Å². The van der Waals surface area contributed by atoms with Gasteiger partial charge < -0.3 is 0 Å². The quantitative estimate of drug-likeness (QED) is 0.760. The average Bonchev–Trinajstić information content (AvgIpc) is 2.74. The lowest BCUT2D eigenvalue weighted by Gasteiger charge is -1.98. The van der Waals surface area contributed by atoms with E-state index in [1.165, 1.54) is 6.26 Å². The van der Waals surface area contributed by atoms with E-state index in [0.29, 0.717) is 12.4 Å². The molecule has 2 aromatic rings. The van der Waals surface area contributed by atoms with Crippen molar-refractivity contribution in [2.75, 3.05) is 12.0 Å². The topological polar surface area (TPSA) is 64.8 Å². The lowest BCUT2D eigenvalue weighted by atomic mass is 10.2. The molecule has 0 bridgehead atoms. The monoisotopic (exact) mass is 377 g/mol. The van der Waals surface area contributed by atoms with E-state index in [0.717, 1.165) is 9.13 Å². The highest BCUT2D eigenvalue weighted by Crippen LogP contribution is 2.16. The Morgan fingerprint density at radius 1 is 1.39 bits per heavy atom. The van der Waals surface area contributed by atoms with Crippen molar-refractivity contribution >= 4 is 32.4 Å². The number of hydrogen-bond donors (Lipinski definition) is 0. The summed E-state index contributed by atoms with van der Waals surface area (Å²) in [4.78, 5) is 4.18. The summed E-state index contributed by atoms with van der Waals surface area (Å²) in [5.41, 5.74) is 0.931. The maximum atomic E-state index is 11.1. The Morgan fingerprint density at radius 2 is 2.17 bits per heavy atom. The molecule has 0 aliphatic heterocycles. The SMILES string of the molecule is CS(=O)(=O)CCn1cnc(-c2cccc(I)c2)n1. The van der Waals surface area contributed by atoms with Crippen molar-refractivity contribution in [2.45, 2.75) is 6.54 Å². The van der Waals surface area contributed by atoms with Crippen LogP contribution in [0.2, 0.25) is 0 Å². The summed E-state index contributed by atoms with van der Waals surface area (Å²) in [5, 5.41) is 4.26. The van der Waals surface area contributed by atoms with Crippen molar-refractivity contribution < 1.29 is 8.42 Å². The minimum atomic E-state index is -2.97. The molecule has 0 atom stereocenters. The third-order valence-electron chi connectivity index (χ3n) is 2.31. The van der Waals surface area contributed by atoms with Gasteiger partial charge in [0, 0.05) is 15.4 Å². The summed E-state index contributed by atoms with van der Waals surface area (Å²) >= 11 is 2.22. The molecule has 0 saturated carbocycles. The van der Waals surface area contributed by atoms with E-state index < -0.39 is 9.84 Å². The van der Waals surface area contributed by atoms with Crippen molar-refractivity contribution in [1.29, 1.82) is 0 Å². The number of rotatable bonds is 4. The first-order chi connectivity index (χ1) is 8.44. The summed E-state index contributed by atoms with van der Waals surface area (Å²) in [7, 11) is -2.97. The molecule has 0 fully saturated rings. The third-order valence-corrected chi connectivity index (χ3v) is 3.91. The number of aryl methyl sites for hydroxylation is 1. The van der Waals surface area contributed by atoms with E-state index in [1.807, 2.05) is 24.3 Å². The fraction of sp³-hybridized carbons (Fsp3) is 0.273. The van der Waals surface area contributed by atoms with Gasteiger partial charge in [-0.25, -0.2) is 13.4 Å². The second kappa shape index (κ2) is 5.35. The minimum Gasteiger partial charge on any atom is -0.251 e. The molecule has 18 heavy (non-hydrogen) atoms. The smallest absolute Gasteiger partial charge is 0.181 e. The largest absolute Gasteiger partial charge is 0.251 e. The van der Waals surface area contributed by atoms with Crippen molar-refractivity contribution in [1.82, 2.24) is 14.8 Å². The lowest BCUT2D eigenvalue weighted by Crippen LogP contribution is -2.11. The Labute approximate surface area is 119 Å². The van der Waals surface area contributed by atoms with Gasteiger partial charge in [-0.1, -0.05) is 12.1 Å². The minimum absolute atomic E-state index is 0.0716. The fourth-order valence-corrected chi connectivity index (χ4v) is 2.48. The Kier molecular flexibility index (Phi) is 4.00. The second-order valence-electron chi connectivity index (χ2n) is 3.97. The summed E-state index contributed by atoms with van der Waals surface area (Å²) in [6.45, 7) is 0.329. The van der Waals surface area contributed by atoms with Gasteiger partial charge in [0.25, 0.3) is 0 Å². The first-order valence-electron chi connectivity index (χ1n) is 5.27. The molecule has 7 heteroatoms. The molecule has 0 saturated heterocycles. The maximum absolute atomic E-state index is 11.1. The number of sulfone groups is 1. The summed E-state index contributed by atoms with van der Waals surface area (Å²) in [6.07, 6.45) is 2.77. The number of aromatic nitrogens is 3. The normalized spacial score (nSPS) is 11.7. The van der Waals surface area contributed by atoms with Gasteiger partial charge in [0.05, 0.1) is 12.3 Å². The van der Waals surface area contributed by atoms with Gasteiger partial charge >= 0.3 is 0 Å². The van der Waals surface area contributed by atoms with E-state index >= 15 is 0 Å². The van der Waals surface area contributed by atoms with Gasteiger partial charge in [-0.15, -0.1) is 0 Å². The van der Waals surface area contributed by atoms with Gasteiger partial charge in [0.15, 0.2) is 5.82 Å². The average molecular weight is 377 g/mol. The molecule has 1 aromatic carbocycles. The molecule has 96 valence electrons. The van der Waals surface area contributed by atoms with Gasteiger partial charge in [-0.3, -0.25) is 4.68 Å². The zero-order valence-corrected chi connectivity index (χ0v) is 12.7. The van der Waals surface area contributed by atoms with Crippen LogP contribution < -0.4 is 0 Å². The van der Waals surface area contributed by atoms with E-state index in [9.17, 15) is 8.42 Å². The maximum Gasteiger partial charge on any atom is 0.181 e. The molecule has 5 nitrogen and oxygen atoms in total. The second-order valence-corrected chi connectivity index (χ2v) is 7.48. The van der Waals surface area contributed by atoms with Crippen molar-refractivity contribution in [3.63, 3.8) is 0 Å². The van der Waals surface area contributed by atoms with Crippen LogP contribution in [0.1, 0.15) is 0 Å². The van der Waals surface area contributed by atoms with E-state index in [4.69, 9.17) is 0 Å². The van der Waals surface area contributed by atoms with Crippen LogP contribution in [-0.4, -0.2) is 35.2 Å². The van der Waals surface area contributed by atoms with Gasteiger partial charge in [0.2, 0.25) is 0 Å². The Morgan fingerprint density at radius 3 is 2.83 bits per heavy atom. The fourth-order valence-electron chi connectivity index (χ4n) is 1.42. The van der Waals surface area contributed by atoms with E-state index in [2.05, 4.69) is 32.7 Å². The Balaban J connectivity index is 2.16. The van der Waals surface area contributed by atoms with E-state index in [-0.39, 0.29) is 5.75 Å². The standard InChI is InChI=1S/C11H12IN3O2S/c1-18(16,17)6-5-15-8-13-11(14-15)9-3-2-4-10(12)7-9/h2-4,7-8H,5-6H2,1H3. The van der Waals surface area contributed by atoms with Gasteiger partial charge in [-0.2, -0.15) is 5.10 Å². The predicted molar refractivity (Wildman–Crippen MR) is 77.9 cm³/mol. The molecule has 0 spiro atoms. The highest BCUT2D eigenvalue weighted by atomic mass is 127. The van der Waals surface area contributed by atoms with Crippen molar-refractivity contribution in [3.8, 4) is 11.4 Å². The number of benzene rings is 1. The molecular weight excluding hydrogens is 365 g/mol. The molecule has 2 rings (SSSR count). The van der Waals surface area contributed by atoms with Crippen LogP contribution in [0.4, 0.5) is 0 Å². The first-order valence-corrected chi connectivity index (χ1v) is 8.41. The highest BCUT2D eigenvalue weighted by Gasteiger charge is 2.07. The highest BCUT2D eigenvalue weighted by molar-refractivity contribution is 14.1.